The first-order chi connectivity index (χ1) is 15.0. The number of fused-ring (bicyclic) bond motifs is 1. The minimum absolute atomic E-state index is 0.274. The van der Waals surface area contributed by atoms with Gasteiger partial charge >= 0.3 is 0 Å². The number of anilines is 3. The molecule has 7 nitrogen and oxygen atoms in total. The molecule has 9 heteroatoms. The van der Waals surface area contributed by atoms with Crippen molar-refractivity contribution in [1.29, 1.82) is 0 Å². The van der Waals surface area contributed by atoms with Crippen molar-refractivity contribution in [2.75, 3.05) is 49.6 Å². The first-order valence-corrected chi connectivity index (χ1v) is 10.4. The van der Waals surface area contributed by atoms with Crippen LogP contribution < -0.4 is 10.2 Å². The normalized spacial score (nSPS) is 19.3. The predicted octanol–water partition coefficient (Wildman–Crippen LogP) is 3.12. The van der Waals surface area contributed by atoms with Gasteiger partial charge in [-0.25, -0.2) is 13.5 Å². The van der Waals surface area contributed by atoms with Crippen molar-refractivity contribution >= 4 is 17.3 Å². The van der Waals surface area contributed by atoms with Crippen LogP contribution in [0.4, 0.5) is 26.1 Å². The Kier molecular flexibility index (Phi) is 5.29. The highest BCUT2D eigenvalue weighted by molar-refractivity contribution is 5.64. The van der Waals surface area contributed by atoms with Gasteiger partial charge in [0.1, 0.15) is 18.0 Å². The minimum atomic E-state index is -0.660. The molecule has 2 aliphatic rings. The Labute approximate surface area is 179 Å². The smallest absolute Gasteiger partial charge is 0.246 e. The summed E-state index contributed by atoms with van der Waals surface area (Å²) in [5.41, 5.74) is 3.39. The van der Waals surface area contributed by atoms with Gasteiger partial charge in [-0.15, -0.1) is 5.10 Å². The summed E-state index contributed by atoms with van der Waals surface area (Å²) < 4.78 is 34.0. The van der Waals surface area contributed by atoms with Gasteiger partial charge in [0.05, 0.1) is 24.9 Å². The number of morpholine rings is 1. The second-order valence-corrected chi connectivity index (χ2v) is 8.03. The molecule has 162 valence electrons. The summed E-state index contributed by atoms with van der Waals surface area (Å²) in [4.78, 5) is 9.12. The van der Waals surface area contributed by atoms with Gasteiger partial charge in [0.15, 0.2) is 0 Å². The number of aryl methyl sites for hydroxylation is 1. The Morgan fingerprint density at radius 2 is 1.84 bits per heavy atom. The maximum atomic E-state index is 13.5. The van der Waals surface area contributed by atoms with Gasteiger partial charge in [-0.2, -0.15) is 4.98 Å². The topological polar surface area (TPSA) is 58.5 Å². The van der Waals surface area contributed by atoms with E-state index >= 15 is 0 Å². The second-order valence-electron chi connectivity index (χ2n) is 8.03. The summed E-state index contributed by atoms with van der Waals surface area (Å²) in [6.07, 6.45) is 1.43. The van der Waals surface area contributed by atoms with E-state index in [0.717, 1.165) is 62.4 Å². The molecule has 2 aromatic carbocycles. The Balaban J connectivity index is 1.34. The first kappa shape index (κ1) is 19.9. The van der Waals surface area contributed by atoms with E-state index in [-0.39, 0.29) is 5.69 Å². The molecule has 0 aliphatic carbocycles. The number of aromatic nitrogens is 3. The number of ether oxygens (including phenoxy) is 1. The lowest BCUT2D eigenvalue weighted by Gasteiger charge is -2.44. The average Bonchev–Trinajstić information content (AvgIpc) is 3.21. The van der Waals surface area contributed by atoms with Crippen LogP contribution in [0.2, 0.25) is 0 Å². The summed E-state index contributed by atoms with van der Waals surface area (Å²) in [6.45, 7) is 7.57. The largest absolute Gasteiger partial charge is 0.378 e. The summed E-state index contributed by atoms with van der Waals surface area (Å²) >= 11 is 0. The van der Waals surface area contributed by atoms with Crippen LogP contribution in [-0.4, -0.2) is 65.1 Å². The molecule has 2 fully saturated rings. The van der Waals surface area contributed by atoms with E-state index in [4.69, 9.17) is 4.74 Å². The predicted molar refractivity (Wildman–Crippen MR) is 114 cm³/mol. The van der Waals surface area contributed by atoms with Gasteiger partial charge in [0.2, 0.25) is 5.95 Å². The highest BCUT2D eigenvalue weighted by atomic mass is 19.1. The van der Waals surface area contributed by atoms with E-state index in [2.05, 4.69) is 44.3 Å². The number of halogens is 2. The fourth-order valence-electron chi connectivity index (χ4n) is 4.24. The van der Waals surface area contributed by atoms with Crippen LogP contribution in [0.25, 0.3) is 5.69 Å². The monoisotopic (exact) mass is 426 g/mol. The summed E-state index contributed by atoms with van der Waals surface area (Å²) in [7, 11) is 0. The minimum Gasteiger partial charge on any atom is -0.378 e. The molecule has 5 rings (SSSR count). The Bertz CT molecular complexity index is 1070. The molecule has 0 radical (unpaired) electrons. The standard InChI is InChI=1S/C22H24F2N6O/c1-15-6-18(11-19(7-15)29-3-2-28-4-5-31-13-21(28)12-29)26-22-25-14-30(27-22)20-9-16(23)8-17(24)10-20/h6-11,14,21H,2-5,12-13H2,1H3,(H,26,27). The zero-order valence-electron chi connectivity index (χ0n) is 17.3. The molecule has 0 amide bonds. The number of nitrogens with one attached hydrogen (secondary N) is 1. The number of piperazine rings is 1. The molecular formula is C22H24F2N6O. The highest BCUT2D eigenvalue weighted by Crippen LogP contribution is 2.27. The van der Waals surface area contributed by atoms with Crippen molar-refractivity contribution in [1.82, 2.24) is 19.7 Å². The zero-order chi connectivity index (χ0) is 21.4. The van der Waals surface area contributed by atoms with Crippen molar-refractivity contribution in [2.24, 2.45) is 0 Å². The lowest BCUT2D eigenvalue weighted by molar-refractivity contribution is -0.0116. The van der Waals surface area contributed by atoms with Gasteiger partial charge in [-0.3, -0.25) is 4.90 Å². The van der Waals surface area contributed by atoms with Gasteiger partial charge in [-0.05, 0) is 42.8 Å². The molecule has 2 saturated heterocycles. The average molecular weight is 426 g/mol. The summed E-state index contributed by atoms with van der Waals surface area (Å²) in [5.74, 6) is -0.967. The van der Waals surface area contributed by atoms with E-state index in [1.807, 2.05) is 6.07 Å². The summed E-state index contributed by atoms with van der Waals surface area (Å²) in [5, 5.41) is 7.52. The third-order valence-corrected chi connectivity index (χ3v) is 5.72. The Hall–Kier alpha value is -3.04. The molecule has 1 aromatic heterocycles. The third kappa shape index (κ3) is 4.38. The van der Waals surface area contributed by atoms with Crippen LogP contribution >= 0.6 is 0 Å². The van der Waals surface area contributed by atoms with Gasteiger partial charge in [0.25, 0.3) is 0 Å². The second kappa shape index (κ2) is 8.24. The van der Waals surface area contributed by atoms with Crippen LogP contribution in [0.5, 0.6) is 0 Å². The van der Waals surface area contributed by atoms with Crippen molar-refractivity contribution < 1.29 is 13.5 Å². The molecule has 1 atom stereocenters. The third-order valence-electron chi connectivity index (χ3n) is 5.72. The van der Waals surface area contributed by atoms with Gasteiger partial charge in [-0.1, -0.05) is 0 Å². The molecular weight excluding hydrogens is 402 g/mol. The molecule has 1 unspecified atom stereocenters. The molecule has 2 aliphatic heterocycles. The highest BCUT2D eigenvalue weighted by Gasteiger charge is 2.29. The Morgan fingerprint density at radius 3 is 2.68 bits per heavy atom. The number of benzene rings is 2. The van der Waals surface area contributed by atoms with Crippen LogP contribution in [0, 0.1) is 18.6 Å². The fraction of sp³-hybridized carbons (Fsp3) is 0.364. The number of rotatable bonds is 4. The zero-order valence-corrected chi connectivity index (χ0v) is 17.3. The van der Waals surface area contributed by atoms with Gasteiger partial charge in [0, 0.05) is 43.6 Å². The van der Waals surface area contributed by atoms with Crippen LogP contribution in [0.15, 0.2) is 42.7 Å². The summed E-state index contributed by atoms with van der Waals surface area (Å²) in [6, 6.07) is 9.94. The number of hydrogen-bond donors (Lipinski definition) is 1. The lowest BCUT2D eigenvalue weighted by atomic mass is 10.1. The molecule has 3 aromatic rings. The maximum absolute atomic E-state index is 13.5. The van der Waals surface area contributed by atoms with Crippen LogP contribution in [0.1, 0.15) is 5.56 Å². The molecule has 0 saturated carbocycles. The molecule has 3 heterocycles. The fourth-order valence-corrected chi connectivity index (χ4v) is 4.24. The lowest BCUT2D eigenvalue weighted by Crippen LogP contribution is -2.58. The van der Waals surface area contributed by atoms with Crippen molar-refractivity contribution in [2.45, 2.75) is 13.0 Å². The van der Waals surface area contributed by atoms with Crippen molar-refractivity contribution in [3.05, 3.63) is 59.9 Å². The number of hydrogen-bond acceptors (Lipinski definition) is 6. The number of nitrogens with zero attached hydrogens (tertiary/aromatic N) is 5. The molecule has 31 heavy (non-hydrogen) atoms. The SMILES string of the molecule is Cc1cc(Nc2ncn(-c3cc(F)cc(F)c3)n2)cc(N2CCN3CCOCC3C2)c1. The van der Waals surface area contributed by atoms with E-state index in [1.165, 1.54) is 23.1 Å². The van der Waals surface area contributed by atoms with E-state index in [1.54, 1.807) is 0 Å². The maximum Gasteiger partial charge on any atom is 0.246 e. The molecule has 0 bridgehead atoms. The van der Waals surface area contributed by atoms with Crippen molar-refractivity contribution in [3.8, 4) is 5.69 Å². The van der Waals surface area contributed by atoms with Crippen LogP contribution in [0.3, 0.4) is 0 Å². The van der Waals surface area contributed by atoms with E-state index < -0.39 is 11.6 Å². The molecule has 1 N–H and O–H groups in total. The Morgan fingerprint density at radius 1 is 1.00 bits per heavy atom. The van der Waals surface area contributed by atoms with E-state index in [9.17, 15) is 8.78 Å². The van der Waals surface area contributed by atoms with Crippen molar-refractivity contribution in [3.63, 3.8) is 0 Å². The molecule has 0 spiro atoms. The first-order valence-electron chi connectivity index (χ1n) is 10.4. The van der Waals surface area contributed by atoms with Crippen LogP contribution in [-0.2, 0) is 4.74 Å². The quantitative estimate of drug-likeness (QED) is 0.692. The van der Waals surface area contributed by atoms with Gasteiger partial charge < -0.3 is 15.0 Å². The van der Waals surface area contributed by atoms with E-state index in [0.29, 0.717) is 12.0 Å².